The van der Waals surface area contributed by atoms with E-state index in [4.69, 9.17) is 5.11 Å². The highest BCUT2D eigenvalue weighted by Crippen LogP contribution is 2.11. The van der Waals surface area contributed by atoms with E-state index in [2.05, 4.69) is 10.6 Å². The molecule has 0 spiro atoms. The van der Waals surface area contributed by atoms with Crippen LogP contribution in [-0.2, 0) is 9.59 Å². The zero-order valence-electron chi connectivity index (χ0n) is 9.20. The molecule has 1 rings (SSSR count). The van der Waals surface area contributed by atoms with E-state index in [9.17, 15) is 9.59 Å². The van der Waals surface area contributed by atoms with Gasteiger partial charge in [-0.25, -0.2) is 0 Å². The Morgan fingerprint density at radius 1 is 1.44 bits per heavy atom. The molecule has 1 aliphatic heterocycles. The van der Waals surface area contributed by atoms with Gasteiger partial charge in [0.15, 0.2) is 0 Å². The average molecular weight is 246 g/mol. The standard InChI is InChI=1S/C10H18N2O3S/c13-9(12-3-1-2-10(14)15)7-16-6-8-4-11-5-8/h8,11H,1-7H2,(H,12,13)(H,14,15). The second-order valence-corrected chi connectivity index (χ2v) is 4.92. The lowest BCUT2D eigenvalue weighted by Crippen LogP contribution is -2.43. The quantitative estimate of drug-likeness (QED) is 0.522. The molecule has 0 aromatic rings. The Morgan fingerprint density at radius 3 is 2.75 bits per heavy atom. The third-order valence-electron chi connectivity index (χ3n) is 2.34. The molecule has 0 bridgehead atoms. The lowest BCUT2D eigenvalue weighted by Gasteiger charge is -2.26. The number of hydrogen-bond donors (Lipinski definition) is 3. The first-order valence-corrected chi connectivity index (χ1v) is 6.61. The maximum absolute atomic E-state index is 11.3. The molecule has 1 amide bonds. The molecule has 1 heterocycles. The number of carboxylic acid groups (broad SMARTS) is 1. The molecule has 5 nitrogen and oxygen atoms in total. The van der Waals surface area contributed by atoms with E-state index < -0.39 is 5.97 Å². The van der Waals surface area contributed by atoms with Crippen molar-refractivity contribution in [2.75, 3.05) is 31.1 Å². The molecule has 1 fully saturated rings. The molecule has 0 saturated carbocycles. The largest absolute Gasteiger partial charge is 0.481 e. The van der Waals surface area contributed by atoms with Crippen LogP contribution in [0.2, 0.25) is 0 Å². The summed E-state index contributed by atoms with van der Waals surface area (Å²) in [7, 11) is 0. The van der Waals surface area contributed by atoms with E-state index in [-0.39, 0.29) is 12.3 Å². The van der Waals surface area contributed by atoms with Gasteiger partial charge < -0.3 is 15.7 Å². The fraction of sp³-hybridized carbons (Fsp3) is 0.800. The van der Waals surface area contributed by atoms with Gasteiger partial charge in [0.1, 0.15) is 0 Å². The first kappa shape index (κ1) is 13.3. The Bertz CT molecular complexity index is 244. The van der Waals surface area contributed by atoms with Crippen LogP contribution in [0.5, 0.6) is 0 Å². The minimum Gasteiger partial charge on any atom is -0.481 e. The zero-order chi connectivity index (χ0) is 11.8. The Hall–Kier alpha value is -0.750. The van der Waals surface area contributed by atoms with Crippen molar-refractivity contribution in [3.63, 3.8) is 0 Å². The number of amides is 1. The number of rotatable bonds is 8. The second-order valence-electron chi connectivity index (χ2n) is 3.89. The number of carboxylic acids is 1. The van der Waals surface area contributed by atoms with Crippen LogP contribution in [0.4, 0.5) is 0 Å². The lowest BCUT2D eigenvalue weighted by molar-refractivity contribution is -0.137. The highest BCUT2D eigenvalue weighted by Gasteiger charge is 2.16. The van der Waals surface area contributed by atoms with Gasteiger partial charge in [-0.3, -0.25) is 9.59 Å². The molecule has 1 aliphatic rings. The van der Waals surface area contributed by atoms with Crippen molar-refractivity contribution in [2.45, 2.75) is 12.8 Å². The molecular weight excluding hydrogens is 228 g/mol. The average Bonchev–Trinajstić information content (AvgIpc) is 2.16. The fourth-order valence-corrected chi connectivity index (χ4v) is 2.28. The van der Waals surface area contributed by atoms with Gasteiger partial charge >= 0.3 is 5.97 Å². The fourth-order valence-electron chi connectivity index (χ4n) is 1.30. The SMILES string of the molecule is O=C(O)CCCNC(=O)CSCC1CNC1. The predicted molar refractivity (Wildman–Crippen MR) is 63.6 cm³/mol. The van der Waals surface area contributed by atoms with E-state index in [1.165, 1.54) is 0 Å². The number of aliphatic carboxylic acids is 1. The Kier molecular flexibility index (Phi) is 6.25. The number of carbonyl (C=O) groups excluding carboxylic acids is 1. The van der Waals surface area contributed by atoms with Crippen molar-refractivity contribution in [2.24, 2.45) is 5.92 Å². The summed E-state index contributed by atoms with van der Waals surface area (Å²) in [6.45, 7) is 2.58. The van der Waals surface area contributed by atoms with Crippen LogP contribution in [-0.4, -0.2) is 48.1 Å². The maximum atomic E-state index is 11.3. The van der Waals surface area contributed by atoms with Gasteiger partial charge in [0.05, 0.1) is 5.75 Å². The third kappa shape index (κ3) is 5.97. The number of nitrogens with one attached hydrogen (secondary N) is 2. The molecule has 3 N–H and O–H groups in total. The van der Waals surface area contributed by atoms with Crippen molar-refractivity contribution in [1.29, 1.82) is 0 Å². The van der Waals surface area contributed by atoms with Gasteiger partial charge in [0.25, 0.3) is 0 Å². The van der Waals surface area contributed by atoms with Crippen LogP contribution < -0.4 is 10.6 Å². The van der Waals surface area contributed by atoms with Crippen molar-refractivity contribution in [3.8, 4) is 0 Å². The van der Waals surface area contributed by atoms with Crippen LogP contribution in [0.25, 0.3) is 0 Å². The van der Waals surface area contributed by atoms with Crippen molar-refractivity contribution in [3.05, 3.63) is 0 Å². The van der Waals surface area contributed by atoms with Gasteiger partial charge in [-0.15, -0.1) is 0 Å². The van der Waals surface area contributed by atoms with Crippen LogP contribution in [0, 0.1) is 5.92 Å². The smallest absolute Gasteiger partial charge is 0.303 e. The van der Waals surface area contributed by atoms with E-state index in [0.29, 0.717) is 24.6 Å². The van der Waals surface area contributed by atoms with E-state index in [0.717, 1.165) is 18.8 Å². The second kappa shape index (κ2) is 7.51. The maximum Gasteiger partial charge on any atom is 0.303 e. The third-order valence-corrected chi connectivity index (χ3v) is 3.52. The molecule has 0 aliphatic carbocycles. The summed E-state index contributed by atoms with van der Waals surface area (Å²) in [5, 5.41) is 14.3. The first-order chi connectivity index (χ1) is 7.68. The highest BCUT2D eigenvalue weighted by molar-refractivity contribution is 7.99. The summed E-state index contributed by atoms with van der Waals surface area (Å²) in [5.41, 5.74) is 0. The Balaban J connectivity index is 1.87. The van der Waals surface area contributed by atoms with E-state index >= 15 is 0 Å². The van der Waals surface area contributed by atoms with Crippen LogP contribution in [0.1, 0.15) is 12.8 Å². The molecule has 0 aromatic heterocycles. The molecule has 16 heavy (non-hydrogen) atoms. The van der Waals surface area contributed by atoms with E-state index in [1.54, 1.807) is 11.8 Å². The molecule has 92 valence electrons. The van der Waals surface area contributed by atoms with Crippen LogP contribution >= 0.6 is 11.8 Å². The minimum absolute atomic E-state index is 0.00247. The number of carbonyl (C=O) groups is 2. The summed E-state index contributed by atoms with van der Waals surface area (Å²) in [4.78, 5) is 21.5. The summed E-state index contributed by atoms with van der Waals surface area (Å²) in [6.07, 6.45) is 0.611. The van der Waals surface area contributed by atoms with Crippen LogP contribution in [0.15, 0.2) is 0 Å². The van der Waals surface area contributed by atoms with E-state index in [1.807, 2.05) is 0 Å². The van der Waals surface area contributed by atoms with Crippen molar-refractivity contribution >= 4 is 23.6 Å². The molecule has 6 heteroatoms. The number of thioether (sulfide) groups is 1. The van der Waals surface area contributed by atoms with Crippen molar-refractivity contribution < 1.29 is 14.7 Å². The zero-order valence-corrected chi connectivity index (χ0v) is 10.0. The predicted octanol–water partition coefficient (Wildman–Crippen LogP) is -0.0800. The molecule has 1 saturated heterocycles. The minimum atomic E-state index is -0.818. The van der Waals surface area contributed by atoms with Gasteiger partial charge in [-0.2, -0.15) is 11.8 Å². The van der Waals surface area contributed by atoms with Crippen LogP contribution in [0.3, 0.4) is 0 Å². The molecule has 0 unspecified atom stereocenters. The summed E-state index contributed by atoms with van der Waals surface area (Å²) < 4.78 is 0. The Morgan fingerprint density at radius 2 is 2.19 bits per heavy atom. The summed E-state index contributed by atoms with van der Waals surface area (Å²) >= 11 is 1.64. The number of hydrogen-bond acceptors (Lipinski definition) is 4. The molecule has 0 atom stereocenters. The highest BCUT2D eigenvalue weighted by atomic mass is 32.2. The molecule has 0 aromatic carbocycles. The topological polar surface area (TPSA) is 78.4 Å². The van der Waals surface area contributed by atoms with Gasteiger partial charge in [-0.1, -0.05) is 0 Å². The summed E-state index contributed by atoms with van der Waals surface area (Å²) in [5.74, 6) is 1.40. The van der Waals surface area contributed by atoms with Gasteiger partial charge in [-0.05, 0) is 31.2 Å². The van der Waals surface area contributed by atoms with Gasteiger partial charge in [0, 0.05) is 13.0 Å². The van der Waals surface area contributed by atoms with Gasteiger partial charge in [0.2, 0.25) is 5.91 Å². The Labute approximate surface area is 99.4 Å². The molecular formula is C10H18N2O3S. The monoisotopic (exact) mass is 246 g/mol. The summed E-state index contributed by atoms with van der Waals surface area (Å²) in [6, 6.07) is 0. The molecule has 0 radical (unpaired) electrons. The van der Waals surface area contributed by atoms with Crippen molar-refractivity contribution in [1.82, 2.24) is 10.6 Å². The first-order valence-electron chi connectivity index (χ1n) is 5.45. The normalized spacial score (nSPS) is 15.5. The lowest BCUT2D eigenvalue weighted by atomic mass is 10.1.